The van der Waals surface area contributed by atoms with Crippen LogP contribution in [0.3, 0.4) is 0 Å². The van der Waals surface area contributed by atoms with E-state index in [0.717, 1.165) is 10.8 Å². The highest BCUT2D eigenvalue weighted by molar-refractivity contribution is 5.63. The molecule has 0 spiro atoms. The zero-order valence-electron chi connectivity index (χ0n) is 13.1. The predicted molar refractivity (Wildman–Crippen MR) is 81.5 cm³/mol. The van der Waals surface area contributed by atoms with E-state index in [2.05, 4.69) is 4.98 Å². The Morgan fingerprint density at radius 1 is 1.43 bits per heavy atom. The third-order valence-corrected chi connectivity index (χ3v) is 3.58. The highest BCUT2D eigenvalue weighted by Crippen LogP contribution is 2.31. The lowest BCUT2D eigenvalue weighted by atomic mass is 10.1. The molecule has 1 aromatic heterocycles. The van der Waals surface area contributed by atoms with Gasteiger partial charge in [-0.05, 0) is 20.8 Å². The number of ether oxygens (including phenoxy) is 1. The Bertz CT molecular complexity index is 628. The fourth-order valence-corrected chi connectivity index (χ4v) is 2.28. The number of hydrogen-bond acceptors (Lipinski definition) is 9. The summed E-state index contributed by atoms with van der Waals surface area (Å²) in [6, 6.07) is 0. The standard InChI is InChI=1S/C13H21N4O6/c1-13(2,3)17(22)6-4-16(12(21)15-10(6)14)11-9(20)8(19)7(5-18)23-11/h4,7-9,11,18-20H,5H2,1-3H3,(H2,14,15,21)/q-1/t7-,8-,9-,11-/m1/s1. The maximum absolute atomic E-state index is 12.3. The van der Waals surface area contributed by atoms with E-state index in [1.54, 1.807) is 20.8 Å². The van der Waals surface area contributed by atoms with E-state index < -0.39 is 42.4 Å². The van der Waals surface area contributed by atoms with Crippen LogP contribution in [0, 0.1) is 5.21 Å². The molecule has 23 heavy (non-hydrogen) atoms. The molecule has 5 N–H and O–H groups in total. The first-order valence-corrected chi connectivity index (χ1v) is 7.06. The molecule has 10 heteroatoms. The summed E-state index contributed by atoms with van der Waals surface area (Å²) >= 11 is 0. The zero-order valence-corrected chi connectivity index (χ0v) is 13.1. The molecule has 10 nitrogen and oxygen atoms in total. The summed E-state index contributed by atoms with van der Waals surface area (Å²) in [5, 5.41) is 41.8. The summed E-state index contributed by atoms with van der Waals surface area (Å²) in [4.78, 5) is 15.6. The normalized spacial score (nSPS) is 28.1. The van der Waals surface area contributed by atoms with Gasteiger partial charge in [-0.3, -0.25) is 4.57 Å². The zero-order chi connectivity index (χ0) is 17.5. The molecule has 130 valence electrons. The van der Waals surface area contributed by atoms with Crippen molar-refractivity contribution in [3.63, 3.8) is 0 Å². The third kappa shape index (κ3) is 3.16. The number of hydroxylamine groups is 1. The average Bonchev–Trinajstić information content (AvgIpc) is 2.73. The van der Waals surface area contributed by atoms with E-state index >= 15 is 0 Å². The number of nitrogen functional groups attached to an aromatic ring is 1. The van der Waals surface area contributed by atoms with Crippen molar-refractivity contribution in [2.45, 2.75) is 50.8 Å². The fraction of sp³-hybridized carbons (Fsp3) is 0.692. The molecule has 0 aromatic carbocycles. The molecule has 1 aromatic rings. The Kier molecular flexibility index (Phi) is 4.64. The van der Waals surface area contributed by atoms with Crippen LogP contribution < -0.4 is 16.5 Å². The van der Waals surface area contributed by atoms with Crippen LogP contribution in [-0.4, -0.2) is 55.3 Å². The third-order valence-electron chi connectivity index (χ3n) is 3.58. The first kappa shape index (κ1) is 17.6. The summed E-state index contributed by atoms with van der Waals surface area (Å²) in [5.74, 6) is -0.247. The molecule has 1 aliphatic heterocycles. The van der Waals surface area contributed by atoms with Gasteiger partial charge in [0.25, 0.3) is 0 Å². The average molecular weight is 329 g/mol. The first-order valence-electron chi connectivity index (χ1n) is 7.06. The number of aromatic nitrogens is 2. The SMILES string of the molecule is CC(C)(C)N([O-])c1cn([C@@H]2O[C@H](CO)[C@@H](O)[C@H]2O)c(=O)nc1N. The van der Waals surface area contributed by atoms with Gasteiger partial charge in [-0.25, -0.2) is 4.79 Å². The number of aliphatic hydroxyl groups excluding tert-OH is 3. The number of nitrogens with zero attached hydrogens (tertiary/aromatic N) is 3. The van der Waals surface area contributed by atoms with E-state index in [9.17, 15) is 20.2 Å². The number of anilines is 2. The van der Waals surface area contributed by atoms with E-state index in [1.165, 1.54) is 0 Å². The number of nitrogens with two attached hydrogens (primary N) is 1. The second-order valence-corrected chi connectivity index (χ2v) is 6.40. The molecule has 0 unspecified atom stereocenters. The Labute approximate surface area is 132 Å². The maximum atomic E-state index is 12.3. The van der Waals surface area contributed by atoms with Crippen molar-refractivity contribution in [3.05, 3.63) is 21.9 Å². The summed E-state index contributed by atoms with van der Waals surface area (Å²) in [6.45, 7) is 4.43. The molecule has 0 bridgehead atoms. The summed E-state index contributed by atoms with van der Waals surface area (Å²) in [6.07, 6.45) is -4.03. The van der Waals surface area contributed by atoms with E-state index in [1.807, 2.05) is 0 Å². The van der Waals surface area contributed by atoms with Gasteiger partial charge < -0.3 is 36.1 Å². The van der Waals surface area contributed by atoms with Gasteiger partial charge in [-0.1, -0.05) is 0 Å². The van der Waals surface area contributed by atoms with Crippen molar-refractivity contribution in [3.8, 4) is 0 Å². The monoisotopic (exact) mass is 329 g/mol. The second kappa shape index (κ2) is 6.06. The van der Waals surface area contributed by atoms with Crippen LogP contribution in [0.15, 0.2) is 11.0 Å². The molecule has 2 heterocycles. The lowest BCUT2D eigenvalue weighted by Gasteiger charge is -2.43. The Balaban J connectivity index is 2.46. The van der Waals surface area contributed by atoms with E-state index in [0.29, 0.717) is 5.06 Å². The maximum Gasteiger partial charge on any atom is 0.351 e. The van der Waals surface area contributed by atoms with Crippen LogP contribution in [0.5, 0.6) is 0 Å². The smallest absolute Gasteiger partial charge is 0.351 e. The molecule has 0 amide bonds. The minimum Gasteiger partial charge on any atom is -0.758 e. The largest absolute Gasteiger partial charge is 0.758 e. The molecular formula is C13H21N4O6-. The summed E-state index contributed by atoms with van der Waals surface area (Å²) < 4.78 is 6.15. The van der Waals surface area contributed by atoms with Crippen LogP contribution in [0.2, 0.25) is 0 Å². The van der Waals surface area contributed by atoms with Crippen molar-refractivity contribution < 1.29 is 20.1 Å². The number of aliphatic hydroxyl groups is 3. The van der Waals surface area contributed by atoms with Crippen LogP contribution in [-0.2, 0) is 4.74 Å². The second-order valence-electron chi connectivity index (χ2n) is 6.40. The van der Waals surface area contributed by atoms with E-state index in [4.69, 9.17) is 15.6 Å². The molecule has 0 aliphatic carbocycles. The number of rotatable bonds is 3. The quantitative estimate of drug-likeness (QED) is 0.486. The van der Waals surface area contributed by atoms with Gasteiger partial charge in [0, 0.05) is 11.7 Å². The van der Waals surface area contributed by atoms with Crippen molar-refractivity contribution in [2.24, 2.45) is 0 Å². The summed E-state index contributed by atoms with van der Waals surface area (Å²) in [5.41, 5.74) is 3.91. The van der Waals surface area contributed by atoms with Crippen molar-refractivity contribution in [2.75, 3.05) is 17.4 Å². The van der Waals surface area contributed by atoms with Crippen LogP contribution >= 0.6 is 0 Å². The van der Waals surface area contributed by atoms with Gasteiger partial charge >= 0.3 is 5.69 Å². The molecule has 2 rings (SSSR count). The molecule has 4 atom stereocenters. The molecular weight excluding hydrogens is 308 g/mol. The van der Waals surface area contributed by atoms with Gasteiger partial charge in [0.15, 0.2) is 12.0 Å². The van der Waals surface area contributed by atoms with Gasteiger partial charge in [-0.15, -0.1) is 0 Å². The van der Waals surface area contributed by atoms with Gasteiger partial charge in [0.2, 0.25) is 0 Å². The lowest BCUT2D eigenvalue weighted by Crippen LogP contribution is -2.40. The van der Waals surface area contributed by atoms with Crippen molar-refractivity contribution >= 4 is 11.5 Å². The van der Waals surface area contributed by atoms with Crippen LogP contribution in [0.4, 0.5) is 11.5 Å². The molecule has 1 fully saturated rings. The van der Waals surface area contributed by atoms with Crippen molar-refractivity contribution in [1.29, 1.82) is 0 Å². The van der Waals surface area contributed by atoms with Crippen LogP contribution in [0.25, 0.3) is 0 Å². The molecule has 1 saturated heterocycles. The first-order chi connectivity index (χ1) is 10.6. The Morgan fingerprint density at radius 3 is 2.52 bits per heavy atom. The Hall–Kier alpha value is -1.72. The van der Waals surface area contributed by atoms with Crippen LogP contribution in [0.1, 0.15) is 27.0 Å². The fourth-order valence-electron chi connectivity index (χ4n) is 2.28. The highest BCUT2D eigenvalue weighted by Gasteiger charge is 2.44. The molecule has 0 saturated carbocycles. The highest BCUT2D eigenvalue weighted by atomic mass is 16.6. The minimum atomic E-state index is -1.46. The predicted octanol–water partition coefficient (Wildman–Crippen LogP) is -1.46. The topological polar surface area (TPSA) is 157 Å². The summed E-state index contributed by atoms with van der Waals surface area (Å²) in [7, 11) is 0. The molecule has 0 radical (unpaired) electrons. The van der Waals surface area contributed by atoms with Gasteiger partial charge in [-0.2, -0.15) is 4.98 Å². The number of hydrogen-bond donors (Lipinski definition) is 4. The molecule has 1 aliphatic rings. The lowest BCUT2D eigenvalue weighted by molar-refractivity contribution is -0.0548. The van der Waals surface area contributed by atoms with E-state index in [-0.39, 0.29) is 11.5 Å². The van der Waals surface area contributed by atoms with Crippen molar-refractivity contribution in [1.82, 2.24) is 9.55 Å². The minimum absolute atomic E-state index is 0.0603. The van der Waals surface area contributed by atoms with Gasteiger partial charge in [0.1, 0.15) is 18.3 Å². The van der Waals surface area contributed by atoms with Gasteiger partial charge in [0.05, 0.1) is 12.3 Å². The Morgan fingerprint density at radius 2 is 2.04 bits per heavy atom.